The molecule has 86 valence electrons. The standard InChI is InChI=1S/C12H16BrN3/c13-11-1-2-12(15-6-11)16-7-9-3-10(8-16)5-14-4-9/h1-2,6,9-10,14H,3-5,7-8H2. The number of piperidine rings is 2. The van der Waals surface area contributed by atoms with Gasteiger partial charge in [-0.2, -0.15) is 0 Å². The van der Waals surface area contributed by atoms with E-state index in [0.717, 1.165) is 35.2 Å². The molecule has 2 saturated heterocycles. The van der Waals surface area contributed by atoms with Crippen molar-refractivity contribution in [3.05, 3.63) is 22.8 Å². The molecule has 0 spiro atoms. The zero-order valence-electron chi connectivity index (χ0n) is 9.19. The molecule has 1 aromatic rings. The van der Waals surface area contributed by atoms with Crippen molar-refractivity contribution in [3.63, 3.8) is 0 Å². The Morgan fingerprint density at radius 1 is 1.25 bits per heavy atom. The van der Waals surface area contributed by atoms with Gasteiger partial charge in [-0.1, -0.05) is 0 Å². The highest BCUT2D eigenvalue weighted by Crippen LogP contribution is 2.27. The predicted molar refractivity (Wildman–Crippen MR) is 68.6 cm³/mol. The van der Waals surface area contributed by atoms with E-state index in [4.69, 9.17) is 0 Å². The van der Waals surface area contributed by atoms with E-state index in [1.807, 2.05) is 6.20 Å². The summed E-state index contributed by atoms with van der Waals surface area (Å²) in [5.74, 6) is 2.73. The van der Waals surface area contributed by atoms with Crippen LogP contribution in [-0.4, -0.2) is 31.2 Å². The molecule has 3 nitrogen and oxygen atoms in total. The second-order valence-corrected chi connectivity index (χ2v) is 5.78. The van der Waals surface area contributed by atoms with Crippen LogP contribution in [0.4, 0.5) is 5.82 Å². The van der Waals surface area contributed by atoms with Crippen molar-refractivity contribution in [2.45, 2.75) is 6.42 Å². The van der Waals surface area contributed by atoms with Crippen LogP contribution in [0.15, 0.2) is 22.8 Å². The molecule has 3 rings (SSSR count). The van der Waals surface area contributed by atoms with Gasteiger partial charge in [-0.3, -0.25) is 0 Å². The number of nitrogens with one attached hydrogen (secondary N) is 1. The molecule has 2 fully saturated rings. The van der Waals surface area contributed by atoms with Crippen LogP contribution >= 0.6 is 15.9 Å². The maximum Gasteiger partial charge on any atom is 0.128 e. The van der Waals surface area contributed by atoms with Crippen LogP contribution in [0.2, 0.25) is 0 Å². The Kier molecular flexibility index (Phi) is 2.86. The Balaban J connectivity index is 1.77. The van der Waals surface area contributed by atoms with Gasteiger partial charge in [-0.25, -0.2) is 4.98 Å². The summed E-state index contributed by atoms with van der Waals surface area (Å²) in [5.41, 5.74) is 0. The lowest BCUT2D eigenvalue weighted by atomic mass is 9.86. The summed E-state index contributed by atoms with van der Waals surface area (Å²) < 4.78 is 1.05. The van der Waals surface area contributed by atoms with Gasteiger partial charge < -0.3 is 10.2 Å². The molecule has 16 heavy (non-hydrogen) atoms. The zero-order chi connectivity index (χ0) is 11.0. The number of rotatable bonds is 1. The average Bonchev–Trinajstić information content (AvgIpc) is 2.29. The second kappa shape index (κ2) is 4.34. The highest BCUT2D eigenvalue weighted by atomic mass is 79.9. The minimum absolute atomic E-state index is 0.804. The molecular weight excluding hydrogens is 266 g/mol. The van der Waals surface area contributed by atoms with Crippen LogP contribution in [0.3, 0.4) is 0 Å². The number of fused-ring (bicyclic) bond motifs is 2. The molecule has 0 radical (unpaired) electrons. The molecule has 0 amide bonds. The van der Waals surface area contributed by atoms with Crippen molar-refractivity contribution in [1.82, 2.24) is 10.3 Å². The quantitative estimate of drug-likeness (QED) is 0.852. The Bertz CT molecular complexity index is 353. The summed E-state index contributed by atoms with van der Waals surface area (Å²) in [4.78, 5) is 6.92. The lowest BCUT2D eigenvalue weighted by Gasteiger charge is -2.42. The zero-order valence-corrected chi connectivity index (χ0v) is 10.8. The lowest BCUT2D eigenvalue weighted by Crippen LogP contribution is -2.51. The van der Waals surface area contributed by atoms with Crippen LogP contribution in [0.25, 0.3) is 0 Å². The summed E-state index contributed by atoms with van der Waals surface area (Å²) in [6, 6.07) is 4.18. The van der Waals surface area contributed by atoms with Gasteiger partial charge in [0, 0.05) is 23.8 Å². The van der Waals surface area contributed by atoms with E-state index in [9.17, 15) is 0 Å². The number of halogens is 1. The molecule has 1 aromatic heterocycles. The number of pyridine rings is 1. The highest BCUT2D eigenvalue weighted by molar-refractivity contribution is 9.10. The molecule has 2 atom stereocenters. The molecule has 0 aliphatic carbocycles. The van der Waals surface area contributed by atoms with Crippen LogP contribution in [0.1, 0.15) is 6.42 Å². The minimum atomic E-state index is 0.804. The van der Waals surface area contributed by atoms with E-state index < -0.39 is 0 Å². The fraction of sp³-hybridized carbons (Fsp3) is 0.583. The number of anilines is 1. The molecule has 1 N–H and O–H groups in total. The van der Waals surface area contributed by atoms with Gasteiger partial charge in [0.1, 0.15) is 5.82 Å². The Labute approximate surface area is 104 Å². The third kappa shape index (κ3) is 2.09. The summed E-state index contributed by atoms with van der Waals surface area (Å²) in [6.45, 7) is 4.64. The fourth-order valence-corrected chi connectivity index (χ4v) is 3.08. The molecule has 3 heterocycles. The van der Waals surface area contributed by atoms with Crippen LogP contribution in [0.5, 0.6) is 0 Å². The fourth-order valence-electron chi connectivity index (χ4n) is 2.85. The Hall–Kier alpha value is -0.610. The van der Waals surface area contributed by atoms with E-state index in [2.05, 4.69) is 43.3 Å². The van der Waals surface area contributed by atoms with Gasteiger partial charge in [0.05, 0.1) is 0 Å². The normalized spacial score (nSPS) is 29.2. The molecular formula is C12H16BrN3. The van der Waals surface area contributed by atoms with Gasteiger partial charge in [0.2, 0.25) is 0 Å². The minimum Gasteiger partial charge on any atom is -0.356 e. The molecule has 0 aromatic carbocycles. The first-order valence-corrected chi connectivity index (χ1v) is 6.68. The Morgan fingerprint density at radius 3 is 2.62 bits per heavy atom. The third-order valence-corrected chi connectivity index (χ3v) is 3.99. The molecule has 4 heteroatoms. The molecule has 0 saturated carbocycles. The van der Waals surface area contributed by atoms with Crippen molar-refractivity contribution >= 4 is 21.7 Å². The first-order valence-electron chi connectivity index (χ1n) is 5.88. The summed E-state index contributed by atoms with van der Waals surface area (Å²) in [6.07, 6.45) is 3.28. The van der Waals surface area contributed by atoms with Crippen molar-refractivity contribution in [2.24, 2.45) is 11.8 Å². The number of hydrogen-bond acceptors (Lipinski definition) is 3. The SMILES string of the molecule is Brc1ccc(N2CC3CNCC(C3)C2)nc1. The van der Waals surface area contributed by atoms with E-state index in [1.54, 1.807) is 0 Å². The molecule has 2 unspecified atom stereocenters. The number of hydrogen-bond donors (Lipinski definition) is 1. The second-order valence-electron chi connectivity index (χ2n) is 4.87. The van der Waals surface area contributed by atoms with Crippen molar-refractivity contribution in [2.75, 3.05) is 31.1 Å². The van der Waals surface area contributed by atoms with Crippen LogP contribution in [0, 0.1) is 11.8 Å². The first kappa shape index (κ1) is 10.5. The molecule has 2 bridgehead atoms. The van der Waals surface area contributed by atoms with E-state index in [0.29, 0.717) is 0 Å². The highest BCUT2D eigenvalue weighted by Gasteiger charge is 2.30. The smallest absolute Gasteiger partial charge is 0.128 e. The lowest BCUT2D eigenvalue weighted by molar-refractivity contribution is 0.249. The van der Waals surface area contributed by atoms with Crippen LogP contribution in [-0.2, 0) is 0 Å². The first-order chi connectivity index (χ1) is 7.81. The third-order valence-electron chi connectivity index (χ3n) is 3.53. The summed E-state index contributed by atoms with van der Waals surface area (Å²) >= 11 is 3.43. The topological polar surface area (TPSA) is 28.2 Å². The average molecular weight is 282 g/mol. The van der Waals surface area contributed by atoms with Gasteiger partial charge in [-0.15, -0.1) is 0 Å². The van der Waals surface area contributed by atoms with E-state index in [-0.39, 0.29) is 0 Å². The van der Waals surface area contributed by atoms with Gasteiger partial charge in [0.25, 0.3) is 0 Å². The summed E-state index contributed by atoms with van der Waals surface area (Å²) in [7, 11) is 0. The molecule has 2 aliphatic heterocycles. The molecule has 2 aliphatic rings. The summed E-state index contributed by atoms with van der Waals surface area (Å²) in [5, 5.41) is 3.51. The number of nitrogens with zero attached hydrogens (tertiary/aromatic N) is 2. The van der Waals surface area contributed by atoms with Crippen molar-refractivity contribution in [3.8, 4) is 0 Å². The van der Waals surface area contributed by atoms with Crippen molar-refractivity contribution < 1.29 is 0 Å². The number of aromatic nitrogens is 1. The maximum atomic E-state index is 4.49. The van der Waals surface area contributed by atoms with E-state index in [1.165, 1.54) is 19.5 Å². The van der Waals surface area contributed by atoms with Crippen molar-refractivity contribution in [1.29, 1.82) is 0 Å². The predicted octanol–water partition coefficient (Wildman–Crippen LogP) is 1.89. The monoisotopic (exact) mass is 281 g/mol. The van der Waals surface area contributed by atoms with E-state index >= 15 is 0 Å². The van der Waals surface area contributed by atoms with Gasteiger partial charge >= 0.3 is 0 Å². The van der Waals surface area contributed by atoms with Crippen LogP contribution < -0.4 is 10.2 Å². The largest absolute Gasteiger partial charge is 0.356 e. The van der Waals surface area contributed by atoms with Gasteiger partial charge in [-0.05, 0) is 59.4 Å². The maximum absolute atomic E-state index is 4.49. The Morgan fingerprint density at radius 2 is 2.00 bits per heavy atom. The van der Waals surface area contributed by atoms with Gasteiger partial charge in [0.15, 0.2) is 0 Å².